The largest absolute Gasteiger partial charge is 0.490 e. The molecule has 1 heterocycles. The van der Waals surface area contributed by atoms with Crippen LogP contribution in [0.2, 0.25) is 0 Å². The summed E-state index contributed by atoms with van der Waals surface area (Å²) in [5, 5.41) is 3.12. The molecule has 1 fully saturated rings. The van der Waals surface area contributed by atoms with Crippen LogP contribution in [-0.4, -0.2) is 18.1 Å². The van der Waals surface area contributed by atoms with Crippen LogP contribution in [0.25, 0.3) is 0 Å². The predicted molar refractivity (Wildman–Crippen MR) is 73.7 cm³/mol. The number of aromatic nitrogens is 1. The molecule has 2 atom stereocenters. The average molecular weight is 248 g/mol. The van der Waals surface area contributed by atoms with Gasteiger partial charge in [0, 0.05) is 18.8 Å². The van der Waals surface area contributed by atoms with E-state index >= 15 is 0 Å². The molecule has 0 aromatic carbocycles. The number of hydrogen-bond acceptors (Lipinski definition) is 3. The van der Waals surface area contributed by atoms with E-state index in [9.17, 15) is 0 Å². The second-order valence-electron chi connectivity index (χ2n) is 5.12. The van der Waals surface area contributed by atoms with Crippen LogP contribution in [0.15, 0.2) is 18.3 Å². The Morgan fingerprint density at radius 3 is 3.00 bits per heavy atom. The predicted octanol–water partition coefficient (Wildman–Crippen LogP) is 3.15. The normalized spacial score (nSPS) is 23.9. The number of pyridine rings is 1. The van der Waals surface area contributed by atoms with Gasteiger partial charge in [-0.15, -0.1) is 0 Å². The van der Waals surface area contributed by atoms with Gasteiger partial charge >= 0.3 is 0 Å². The fraction of sp³-hybridized carbons (Fsp3) is 0.667. The maximum atomic E-state index is 6.18. The van der Waals surface area contributed by atoms with Gasteiger partial charge in [-0.1, -0.05) is 13.3 Å². The Balaban J connectivity index is 2.00. The third-order valence-electron chi connectivity index (χ3n) is 3.80. The third kappa shape index (κ3) is 3.45. The van der Waals surface area contributed by atoms with Gasteiger partial charge < -0.3 is 10.1 Å². The van der Waals surface area contributed by atoms with Gasteiger partial charge in [-0.25, -0.2) is 0 Å². The Morgan fingerprint density at radius 2 is 2.22 bits per heavy atom. The van der Waals surface area contributed by atoms with Crippen LogP contribution < -0.4 is 10.1 Å². The molecule has 0 amide bonds. The van der Waals surface area contributed by atoms with E-state index in [-0.39, 0.29) is 0 Å². The van der Waals surface area contributed by atoms with Crippen molar-refractivity contribution in [3.05, 3.63) is 24.0 Å². The Labute approximate surface area is 110 Å². The standard InChI is InChI=1S/C15H24N2O/c1-3-12-6-4-5-7-15(12)18-14-8-9-17-13(10-14)11-16-2/h8-10,12,15-16H,3-7,11H2,1-2H3. The molecule has 2 rings (SSSR count). The zero-order valence-corrected chi connectivity index (χ0v) is 11.5. The first-order valence-corrected chi connectivity index (χ1v) is 7.09. The fourth-order valence-corrected chi connectivity index (χ4v) is 2.78. The summed E-state index contributed by atoms with van der Waals surface area (Å²) in [6.45, 7) is 3.06. The van der Waals surface area contributed by atoms with E-state index in [1.807, 2.05) is 19.3 Å². The summed E-state index contributed by atoms with van der Waals surface area (Å²) in [7, 11) is 1.93. The van der Waals surface area contributed by atoms with E-state index in [1.165, 1.54) is 32.1 Å². The van der Waals surface area contributed by atoms with Crippen LogP contribution in [-0.2, 0) is 6.54 Å². The van der Waals surface area contributed by atoms with Crippen molar-refractivity contribution in [3.8, 4) is 5.75 Å². The first-order chi connectivity index (χ1) is 8.83. The molecule has 1 aliphatic rings. The number of ether oxygens (including phenoxy) is 1. The number of rotatable bonds is 5. The van der Waals surface area contributed by atoms with Crippen LogP contribution in [0.5, 0.6) is 5.75 Å². The van der Waals surface area contributed by atoms with Gasteiger partial charge in [0.2, 0.25) is 0 Å². The van der Waals surface area contributed by atoms with Crippen LogP contribution in [0.1, 0.15) is 44.7 Å². The summed E-state index contributed by atoms with van der Waals surface area (Å²) in [5.41, 5.74) is 1.04. The highest BCUT2D eigenvalue weighted by Gasteiger charge is 2.25. The summed E-state index contributed by atoms with van der Waals surface area (Å²) in [5.74, 6) is 1.69. The second kappa shape index (κ2) is 6.74. The molecule has 0 radical (unpaired) electrons. The second-order valence-corrected chi connectivity index (χ2v) is 5.12. The highest BCUT2D eigenvalue weighted by atomic mass is 16.5. The average Bonchev–Trinajstić information content (AvgIpc) is 2.40. The molecular formula is C15H24N2O. The molecule has 1 N–H and O–H groups in total. The Kier molecular flexibility index (Phi) is 5.00. The topological polar surface area (TPSA) is 34.1 Å². The molecule has 0 bridgehead atoms. The molecule has 3 heteroatoms. The highest BCUT2D eigenvalue weighted by Crippen LogP contribution is 2.30. The van der Waals surface area contributed by atoms with Crippen molar-refractivity contribution in [2.45, 2.75) is 51.7 Å². The van der Waals surface area contributed by atoms with Gasteiger partial charge in [-0.3, -0.25) is 4.98 Å². The Morgan fingerprint density at radius 1 is 1.39 bits per heavy atom. The minimum Gasteiger partial charge on any atom is -0.490 e. The maximum Gasteiger partial charge on any atom is 0.123 e. The molecule has 1 aliphatic carbocycles. The molecule has 0 spiro atoms. The number of nitrogens with one attached hydrogen (secondary N) is 1. The van der Waals surface area contributed by atoms with Crippen molar-refractivity contribution in [1.82, 2.24) is 10.3 Å². The minimum atomic E-state index is 0.397. The molecule has 0 saturated heterocycles. The first-order valence-electron chi connectivity index (χ1n) is 7.09. The van der Waals surface area contributed by atoms with E-state index in [0.29, 0.717) is 6.10 Å². The van der Waals surface area contributed by atoms with E-state index in [1.54, 1.807) is 0 Å². The van der Waals surface area contributed by atoms with Crippen molar-refractivity contribution in [2.24, 2.45) is 5.92 Å². The van der Waals surface area contributed by atoms with Gasteiger partial charge in [-0.05, 0) is 44.7 Å². The summed E-state index contributed by atoms with van der Waals surface area (Å²) >= 11 is 0. The van der Waals surface area contributed by atoms with Crippen LogP contribution in [0.4, 0.5) is 0 Å². The molecule has 0 aliphatic heterocycles. The summed E-state index contributed by atoms with van der Waals surface area (Å²) < 4.78 is 6.18. The molecule has 3 nitrogen and oxygen atoms in total. The third-order valence-corrected chi connectivity index (χ3v) is 3.80. The highest BCUT2D eigenvalue weighted by molar-refractivity contribution is 5.23. The van der Waals surface area contributed by atoms with E-state index in [0.717, 1.165) is 23.9 Å². The summed E-state index contributed by atoms with van der Waals surface area (Å²) in [6, 6.07) is 4.03. The lowest BCUT2D eigenvalue weighted by molar-refractivity contribution is 0.0902. The Bertz CT molecular complexity index is 367. The summed E-state index contributed by atoms with van der Waals surface area (Å²) in [4.78, 5) is 4.32. The van der Waals surface area contributed by atoms with Gasteiger partial charge in [-0.2, -0.15) is 0 Å². The molecule has 1 aromatic rings. The molecule has 1 saturated carbocycles. The molecule has 2 unspecified atom stereocenters. The van der Waals surface area contributed by atoms with E-state index in [2.05, 4.69) is 23.3 Å². The van der Waals surface area contributed by atoms with Gasteiger partial charge in [0.05, 0.1) is 5.69 Å². The monoisotopic (exact) mass is 248 g/mol. The smallest absolute Gasteiger partial charge is 0.123 e. The van der Waals surface area contributed by atoms with Crippen molar-refractivity contribution in [2.75, 3.05) is 7.05 Å². The Hall–Kier alpha value is -1.09. The minimum absolute atomic E-state index is 0.397. The number of hydrogen-bond donors (Lipinski definition) is 1. The quantitative estimate of drug-likeness (QED) is 0.869. The maximum absolute atomic E-state index is 6.18. The van der Waals surface area contributed by atoms with Crippen molar-refractivity contribution in [1.29, 1.82) is 0 Å². The van der Waals surface area contributed by atoms with Crippen LogP contribution >= 0.6 is 0 Å². The first kappa shape index (κ1) is 13.3. The van der Waals surface area contributed by atoms with Crippen molar-refractivity contribution < 1.29 is 4.74 Å². The molecule has 18 heavy (non-hydrogen) atoms. The lowest BCUT2D eigenvalue weighted by Crippen LogP contribution is -2.29. The summed E-state index contributed by atoms with van der Waals surface area (Å²) in [6.07, 6.45) is 8.63. The van der Waals surface area contributed by atoms with Gasteiger partial charge in [0.15, 0.2) is 0 Å². The zero-order chi connectivity index (χ0) is 12.8. The number of nitrogens with zero attached hydrogens (tertiary/aromatic N) is 1. The van der Waals surface area contributed by atoms with Crippen LogP contribution in [0, 0.1) is 5.92 Å². The van der Waals surface area contributed by atoms with Gasteiger partial charge in [0.25, 0.3) is 0 Å². The van der Waals surface area contributed by atoms with Crippen molar-refractivity contribution in [3.63, 3.8) is 0 Å². The van der Waals surface area contributed by atoms with E-state index in [4.69, 9.17) is 4.74 Å². The lowest BCUT2D eigenvalue weighted by atomic mass is 9.85. The fourth-order valence-electron chi connectivity index (χ4n) is 2.78. The molecule has 100 valence electrons. The SMILES string of the molecule is CCC1CCCCC1Oc1ccnc(CNC)c1. The molecule has 1 aromatic heterocycles. The lowest BCUT2D eigenvalue weighted by Gasteiger charge is -2.31. The van der Waals surface area contributed by atoms with Crippen LogP contribution in [0.3, 0.4) is 0 Å². The van der Waals surface area contributed by atoms with Crippen molar-refractivity contribution >= 4 is 0 Å². The van der Waals surface area contributed by atoms with E-state index < -0.39 is 0 Å². The van der Waals surface area contributed by atoms with Gasteiger partial charge in [0.1, 0.15) is 11.9 Å². The molecular weight excluding hydrogens is 224 g/mol. The zero-order valence-electron chi connectivity index (χ0n) is 11.5.